The Morgan fingerprint density at radius 2 is 2.00 bits per heavy atom. The summed E-state index contributed by atoms with van der Waals surface area (Å²) in [6.07, 6.45) is 2.69. The monoisotopic (exact) mass is 336 g/mol. The number of Topliss-reactive ketones (excluding diaryl/α,β-unsaturated/α-hetero) is 1. The highest BCUT2D eigenvalue weighted by molar-refractivity contribution is 5.97. The summed E-state index contributed by atoms with van der Waals surface area (Å²) in [5.41, 5.74) is 0.527. The molecular weight excluding hydrogens is 304 g/mol. The molecule has 0 radical (unpaired) electrons. The first-order valence-electron chi connectivity index (χ1n) is 9.15. The van der Waals surface area contributed by atoms with E-state index in [0.29, 0.717) is 19.3 Å². The largest absolute Gasteiger partial charge is 0.459 e. The maximum atomic E-state index is 12.5. The lowest BCUT2D eigenvalue weighted by molar-refractivity contribution is -0.202. The van der Waals surface area contributed by atoms with Crippen LogP contribution in [0.1, 0.15) is 73.6 Å². The van der Waals surface area contributed by atoms with Crippen LogP contribution in [0.3, 0.4) is 0 Å². The molecule has 0 saturated heterocycles. The number of carbonyl (C=O) groups is 2. The zero-order chi connectivity index (χ0) is 18.3. The van der Waals surface area contributed by atoms with E-state index < -0.39 is 11.7 Å². The van der Waals surface area contributed by atoms with Crippen molar-refractivity contribution in [1.82, 2.24) is 0 Å². The van der Waals surface area contributed by atoms with Crippen molar-refractivity contribution >= 4 is 11.8 Å². The van der Waals surface area contributed by atoms with Crippen molar-refractivity contribution in [2.24, 2.45) is 17.3 Å². The normalized spacial score (nSPS) is 37.6. The molecule has 24 heavy (non-hydrogen) atoms. The van der Waals surface area contributed by atoms with E-state index in [2.05, 4.69) is 6.92 Å². The fraction of sp³-hybridized carbons (Fsp3) is 0.800. The zero-order valence-electron chi connectivity index (χ0n) is 15.9. The lowest BCUT2D eigenvalue weighted by Gasteiger charge is -2.55. The summed E-state index contributed by atoms with van der Waals surface area (Å²) in [7, 11) is 0. The summed E-state index contributed by atoms with van der Waals surface area (Å²) in [6.45, 7) is 11.6. The van der Waals surface area contributed by atoms with Gasteiger partial charge in [-0.15, -0.1) is 0 Å². The molecule has 2 aliphatic carbocycles. The molecular formula is C20H32O4. The van der Waals surface area contributed by atoms with Gasteiger partial charge in [0, 0.05) is 12.3 Å². The Morgan fingerprint density at radius 3 is 2.54 bits per heavy atom. The Bertz CT molecular complexity index is 556. The number of rotatable bonds is 3. The van der Waals surface area contributed by atoms with Crippen LogP contribution in [0.2, 0.25) is 0 Å². The fourth-order valence-corrected chi connectivity index (χ4v) is 4.40. The minimum atomic E-state index is -1.11. The summed E-state index contributed by atoms with van der Waals surface area (Å²) in [4.78, 5) is 24.7. The number of allylic oxidation sites excluding steroid dienone is 2. The predicted molar refractivity (Wildman–Crippen MR) is 93.4 cm³/mol. The number of hydrogen-bond donors (Lipinski definition) is 1. The van der Waals surface area contributed by atoms with E-state index in [1.165, 1.54) is 0 Å². The Morgan fingerprint density at radius 1 is 1.38 bits per heavy atom. The Kier molecular flexibility index (Phi) is 5.29. The average molecular weight is 336 g/mol. The summed E-state index contributed by atoms with van der Waals surface area (Å²) < 4.78 is 5.69. The number of ether oxygens (including phenoxy) is 1. The quantitative estimate of drug-likeness (QED) is 0.629. The van der Waals surface area contributed by atoms with E-state index in [1.807, 2.05) is 27.7 Å². The van der Waals surface area contributed by atoms with E-state index in [-0.39, 0.29) is 29.0 Å². The van der Waals surface area contributed by atoms with Crippen LogP contribution < -0.4 is 0 Å². The van der Waals surface area contributed by atoms with Crippen molar-refractivity contribution in [1.29, 1.82) is 0 Å². The van der Waals surface area contributed by atoms with Crippen molar-refractivity contribution in [2.45, 2.75) is 85.4 Å². The van der Waals surface area contributed by atoms with Crippen molar-refractivity contribution in [2.75, 3.05) is 0 Å². The van der Waals surface area contributed by atoms with Crippen molar-refractivity contribution in [3.63, 3.8) is 0 Å². The molecule has 0 aromatic carbocycles. The third-order valence-corrected chi connectivity index (χ3v) is 6.36. The summed E-state index contributed by atoms with van der Waals surface area (Å²) in [5.74, 6) is -0.258. The molecule has 2 aliphatic rings. The highest BCUT2D eigenvalue weighted by Gasteiger charge is 2.57. The predicted octanol–water partition coefficient (Wildman–Crippen LogP) is 3.81. The van der Waals surface area contributed by atoms with Gasteiger partial charge in [-0.05, 0) is 57.4 Å². The molecule has 2 fully saturated rings. The van der Waals surface area contributed by atoms with E-state index in [9.17, 15) is 14.7 Å². The lowest BCUT2D eigenvalue weighted by Crippen LogP contribution is -2.60. The van der Waals surface area contributed by atoms with Crippen molar-refractivity contribution in [3.8, 4) is 0 Å². The van der Waals surface area contributed by atoms with Gasteiger partial charge in [0.25, 0.3) is 0 Å². The number of hydrogen-bond acceptors (Lipinski definition) is 4. The van der Waals surface area contributed by atoms with Crippen LogP contribution >= 0.6 is 0 Å². The highest BCUT2D eigenvalue weighted by atomic mass is 16.6. The topological polar surface area (TPSA) is 63.6 Å². The van der Waals surface area contributed by atoms with Crippen LogP contribution in [0.5, 0.6) is 0 Å². The first-order chi connectivity index (χ1) is 11.0. The van der Waals surface area contributed by atoms with Gasteiger partial charge in [0.1, 0.15) is 11.7 Å². The van der Waals surface area contributed by atoms with Gasteiger partial charge >= 0.3 is 5.97 Å². The first kappa shape index (κ1) is 19.2. The number of aliphatic hydroxyl groups is 1. The standard InChI is InChI=1S/C20H32O4/c1-7-13(4)18(22)24-17-8-9-19(5)11-15(21)14(12(2)3)10-16(19)20(17,6)23/h13,16-17,23H,7-11H2,1-6H3. The molecule has 0 amide bonds. The average Bonchev–Trinajstić information content (AvgIpc) is 2.48. The number of ketones is 1. The second-order valence-corrected chi connectivity index (χ2v) is 8.49. The zero-order valence-corrected chi connectivity index (χ0v) is 15.9. The molecule has 0 aromatic heterocycles. The molecule has 4 heteroatoms. The highest BCUT2D eigenvalue weighted by Crippen LogP contribution is 2.55. The van der Waals surface area contributed by atoms with Gasteiger partial charge in [-0.1, -0.05) is 26.3 Å². The molecule has 5 atom stereocenters. The van der Waals surface area contributed by atoms with Gasteiger partial charge in [-0.2, -0.15) is 0 Å². The van der Waals surface area contributed by atoms with Crippen molar-refractivity contribution < 1.29 is 19.4 Å². The van der Waals surface area contributed by atoms with Crippen LogP contribution in [-0.2, 0) is 14.3 Å². The van der Waals surface area contributed by atoms with Gasteiger partial charge in [-0.3, -0.25) is 9.59 Å². The molecule has 5 unspecified atom stereocenters. The minimum Gasteiger partial charge on any atom is -0.459 e. The van der Waals surface area contributed by atoms with E-state index in [0.717, 1.165) is 24.0 Å². The number of carbonyl (C=O) groups excluding carboxylic acids is 2. The Balaban J connectivity index is 2.27. The van der Waals surface area contributed by atoms with Gasteiger partial charge in [0.2, 0.25) is 0 Å². The summed E-state index contributed by atoms with van der Waals surface area (Å²) in [6, 6.07) is 0. The third kappa shape index (κ3) is 3.30. The van der Waals surface area contributed by atoms with Crippen LogP contribution in [0.4, 0.5) is 0 Å². The van der Waals surface area contributed by atoms with E-state index >= 15 is 0 Å². The van der Waals surface area contributed by atoms with Gasteiger partial charge in [-0.25, -0.2) is 0 Å². The molecule has 1 N–H and O–H groups in total. The Hall–Kier alpha value is -1.16. The van der Waals surface area contributed by atoms with Gasteiger partial charge in [0.15, 0.2) is 5.78 Å². The molecule has 0 aliphatic heterocycles. The SMILES string of the molecule is CCC(C)C(=O)OC1CCC2(C)CC(=O)C(=C(C)C)CC2C1(C)O. The van der Waals surface area contributed by atoms with Gasteiger partial charge < -0.3 is 9.84 Å². The summed E-state index contributed by atoms with van der Waals surface area (Å²) >= 11 is 0. The maximum absolute atomic E-state index is 12.5. The first-order valence-corrected chi connectivity index (χ1v) is 9.15. The minimum absolute atomic E-state index is 0.0731. The second kappa shape index (κ2) is 6.62. The van der Waals surface area contributed by atoms with Crippen LogP contribution in [0.15, 0.2) is 11.1 Å². The molecule has 0 spiro atoms. The summed E-state index contributed by atoms with van der Waals surface area (Å²) in [5, 5.41) is 11.3. The van der Waals surface area contributed by atoms with E-state index in [1.54, 1.807) is 6.92 Å². The molecule has 0 aromatic rings. The van der Waals surface area contributed by atoms with Crippen LogP contribution in [0, 0.1) is 17.3 Å². The van der Waals surface area contributed by atoms with Crippen LogP contribution in [-0.4, -0.2) is 28.6 Å². The lowest BCUT2D eigenvalue weighted by atomic mass is 9.53. The fourth-order valence-electron chi connectivity index (χ4n) is 4.40. The van der Waals surface area contributed by atoms with Crippen molar-refractivity contribution in [3.05, 3.63) is 11.1 Å². The van der Waals surface area contributed by atoms with Crippen LogP contribution in [0.25, 0.3) is 0 Å². The molecule has 136 valence electrons. The smallest absolute Gasteiger partial charge is 0.309 e. The molecule has 4 nitrogen and oxygen atoms in total. The second-order valence-electron chi connectivity index (χ2n) is 8.49. The molecule has 2 rings (SSSR count). The number of esters is 1. The van der Waals surface area contributed by atoms with Gasteiger partial charge in [0.05, 0.1) is 5.92 Å². The molecule has 0 bridgehead atoms. The Labute approximate surface area is 145 Å². The number of fused-ring (bicyclic) bond motifs is 1. The van der Waals surface area contributed by atoms with E-state index in [4.69, 9.17) is 4.74 Å². The maximum Gasteiger partial charge on any atom is 0.309 e. The third-order valence-electron chi connectivity index (χ3n) is 6.36. The molecule has 0 heterocycles. The molecule has 2 saturated carbocycles.